The largest absolute Gasteiger partial charge is 0.497 e. The third-order valence-electron chi connectivity index (χ3n) is 10.8. The smallest absolute Gasteiger partial charge is 0.198 e. The van der Waals surface area contributed by atoms with Gasteiger partial charge in [0, 0.05) is 61.1 Å². The summed E-state index contributed by atoms with van der Waals surface area (Å²) >= 11 is 0. The number of hydrogen-bond donors (Lipinski definition) is 1. The van der Waals surface area contributed by atoms with Gasteiger partial charge in [0.25, 0.3) is 0 Å². The summed E-state index contributed by atoms with van der Waals surface area (Å²) in [5.41, 5.74) is 2.05. The number of piperidine rings is 1. The Morgan fingerprint density at radius 1 is 0.960 bits per heavy atom. The van der Waals surface area contributed by atoms with E-state index in [0.29, 0.717) is 53.9 Å². The first-order valence-corrected chi connectivity index (χ1v) is 17.5. The molecule has 0 radical (unpaired) electrons. The van der Waals surface area contributed by atoms with Gasteiger partial charge in [-0.2, -0.15) is 10.2 Å². The molecule has 5 heterocycles. The number of halogens is 1. The standard InChI is InChI=1S/C36H45FN8O5/c1-23-5-7-26(20-42(23)27-19-39-44(21-27)25-9-11-36(12-10-25)49-13-14-50-36)43-22-40-45-34(43)29-16-30(37)33(48-4)17-31(29)41-35(45)38-18-24-6-8-28(46-2)15-32(24)47-3/h6,8,15-17,19,21-23,25-26,35,38H,5,7,9-14,18,20H2,1-4H3. The number of rotatable bonds is 9. The first kappa shape index (κ1) is 32.8. The number of benzene rings is 2. The molecule has 2 aromatic carbocycles. The van der Waals surface area contributed by atoms with Crippen molar-refractivity contribution in [3.63, 3.8) is 0 Å². The topological polar surface area (TPSA) is 110 Å². The molecule has 1 aliphatic carbocycles. The summed E-state index contributed by atoms with van der Waals surface area (Å²) in [4.78, 5) is 9.60. The van der Waals surface area contributed by atoms with Crippen LogP contribution in [-0.2, 0) is 16.0 Å². The van der Waals surface area contributed by atoms with Crippen LogP contribution in [0.1, 0.15) is 57.1 Å². The number of hydrogen-bond acceptors (Lipinski definition) is 12. The molecule has 3 aromatic rings. The normalized spacial score (nSPS) is 24.4. The zero-order valence-corrected chi connectivity index (χ0v) is 29.0. The number of ether oxygens (including phenoxy) is 5. The molecule has 13 nitrogen and oxygen atoms in total. The second-order valence-corrected chi connectivity index (χ2v) is 13.6. The number of anilines is 1. The lowest BCUT2D eigenvalue weighted by molar-refractivity contribution is -0.181. The lowest BCUT2D eigenvalue weighted by Crippen LogP contribution is -2.55. The van der Waals surface area contributed by atoms with Crippen molar-refractivity contribution in [2.75, 3.05) is 46.0 Å². The molecule has 2 saturated heterocycles. The van der Waals surface area contributed by atoms with Crippen LogP contribution >= 0.6 is 0 Å². The fourth-order valence-electron chi connectivity index (χ4n) is 7.99. The Labute approximate surface area is 290 Å². The number of nitrogens with zero attached hydrogens (tertiary/aromatic N) is 7. The van der Waals surface area contributed by atoms with Crippen LogP contribution in [0.25, 0.3) is 5.82 Å². The molecule has 1 spiro atoms. The second-order valence-electron chi connectivity index (χ2n) is 13.6. The Bertz CT molecular complexity index is 1870. The maximum Gasteiger partial charge on any atom is 0.198 e. The molecular weight excluding hydrogens is 643 g/mol. The van der Waals surface area contributed by atoms with Gasteiger partial charge in [-0.05, 0) is 44.7 Å². The zero-order valence-electron chi connectivity index (χ0n) is 29.0. The maximum absolute atomic E-state index is 15.3. The van der Waals surface area contributed by atoms with E-state index >= 15 is 4.39 Å². The molecule has 266 valence electrons. The molecule has 3 fully saturated rings. The summed E-state index contributed by atoms with van der Waals surface area (Å²) in [5.74, 6) is 1.52. The van der Waals surface area contributed by atoms with Gasteiger partial charge in [-0.25, -0.2) is 14.4 Å². The molecular formula is C36H45FN8O5. The van der Waals surface area contributed by atoms with E-state index in [1.165, 1.54) is 13.2 Å². The molecule has 4 aliphatic heterocycles. The van der Waals surface area contributed by atoms with Crippen LogP contribution in [0.15, 0.2) is 52.8 Å². The highest BCUT2D eigenvalue weighted by atomic mass is 19.1. The third kappa shape index (κ3) is 5.92. The zero-order chi connectivity index (χ0) is 34.4. The number of fused-ring (bicyclic) bond motifs is 2. The van der Waals surface area contributed by atoms with Crippen molar-refractivity contribution in [3.05, 3.63) is 64.7 Å². The van der Waals surface area contributed by atoms with Gasteiger partial charge in [-0.3, -0.25) is 10.00 Å². The SMILES string of the molecule is COc1ccc(CNC2N=c3cc(OC)c(F)cc3=C3N(C4CCC(C)N(c5cnn(C6CCC7(CC6)OCCO7)c5)C4)C=NN32)c(OC)c1. The summed E-state index contributed by atoms with van der Waals surface area (Å²) in [6.45, 7) is 4.85. The minimum atomic E-state index is -0.549. The monoisotopic (exact) mass is 688 g/mol. The van der Waals surface area contributed by atoms with Crippen molar-refractivity contribution in [3.8, 4) is 17.2 Å². The summed E-state index contributed by atoms with van der Waals surface area (Å²) < 4.78 is 45.7. The van der Waals surface area contributed by atoms with E-state index in [2.05, 4.69) is 32.9 Å². The molecule has 0 amide bonds. The summed E-state index contributed by atoms with van der Waals surface area (Å²) in [6, 6.07) is 9.64. The number of hydrazone groups is 1. The summed E-state index contributed by atoms with van der Waals surface area (Å²) in [7, 11) is 4.73. The fourth-order valence-corrected chi connectivity index (χ4v) is 7.99. The Hall–Kier alpha value is -4.40. The fraction of sp³-hybridized carbons (Fsp3) is 0.528. The molecule has 3 unspecified atom stereocenters. The van der Waals surface area contributed by atoms with E-state index in [9.17, 15) is 0 Å². The summed E-state index contributed by atoms with van der Waals surface area (Å²) in [6.07, 6.45) is 11.2. The number of methoxy groups -OCH3 is 3. The molecule has 1 saturated carbocycles. The Morgan fingerprint density at radius 3 is 2.52 bits per heavy atom. The molecule has 1 N–H and O–H groups in total. The van der Waals surface area contributed by atoms with Gasteiger partial charge in [0.15, 0.2) is 23.6 Å². The predicted octanol–water partition coefficient (Wildman–Crippen LogP) is 3.30. The van der Waals surface area contributed by atoms with Crippen LogP contribution in [0.4, 0.5) is 10.1 Å². The van der Waals surface area contributed by atoms with Crippen molar-refractivity contribution in [2.24, 2.45) is 10.1 Å². The quantitative estimate of drug-likeness (QED) is 0.360. The van der Waals surface area contributed by atoms with Crippen molar-refractivity contribution >= 4 is 17.8 Å². The van der Waals surface area contributed by atoms with Crippen molar-refractivity contribution < 1.29 is 28.1 Å². The number of aromatic nitrogens is 2. The average molecular weight is 689 g/mol. The lowest BCUT2D eigenvalue weighted by Gasteiger charge is -2.43. The third-order valence-corrected chi connectivity index (χ3v) is 10.8. The maximum atomic E-state index is 15.3. The van der Waals surface area contributed by atoms with Gasteiger partial charge >= 0.3 is 0 Å². The molecule has 5 aliphatic rings. The molecule has 3 atom stereocenters. The Morgan fingerprint density at radius 2 is 1.76 bits per heavy atom. The van der Waals surface area contributed by atoms with Crippen LogP contribution in [0.2, 0.25) is 0 Å². The first-order valence-electron chi connectivity index (χ1n) is 17.5. The van der Waals surface area contributed by atoms with Gasteiger partial charge in [0.2, 0.25) is 0 Å². The van der Waals surface area contributed by atoms with Gasteiger partial charge in [-0.1, -0.05) is 6.07 Å². The Balaban J connectivity index is 1.04. The van der Waals surface area contributed by atoms with Gasteiger partial charge in [0.05, 0.1) is 63.9 Å². The molecule has 8 rings (SSSR count). The molecule has 1 aromatic heterocycles. The van der Waals surface area contributed by atoms with E-state index in [4.69, 9.17) is 38.9 Å². The highest BCUT2D eigenvalue weighted by Crippen LogP contribution is 2.41. The Kier molecular flexibility index (Phi) is 8.77. The average Bonchev–Trinajstić information content (AvgIpc) is 3.92. The molecule has 0 bridgehead atoms. The van der Waals surface area contributed by atoms with E-state index in [1.54, 1.807) is 20.3 Å². The molecule has 50 heavy (non-hydrogen) atoms. The van der Waals surface area contributed by atoms with Crippen molar-refractivity contribution in [1.82, 2.24) is 25.0 Å². The van der Waals surface area contributed by atoms with Crippen LogP contribution < -0.4 is 35.0 Å². The summed E-state index contributed by atoms with van der Waals surface area (Å²) in [5, 5.41) is 16.4. The van der Waals surface area contributed by atoms with Gasteiger partial charge in [-0.15, -0.1) is 0 Å². The minimum Gasteiger partial charge on any atom is -0.497 e. The van der Waals surface area contributed by atoms with Crippen molar-refractivity contribution in [2.45, 2.75) is 82.2 Å². The first-order chi connectivity index (χ1) is 24.4. The minimum absolute atomic E-state index is 0.0861. The lowest BCUT2D eigenvalue weighted by atomic mass is 9.90. The van der Waals surface area contributed by atoms with E-state index in [0.717, 1.165) is 62.1 Å². The van der Waals surface area contributed by atoms with Crippen LogP contribution in [0, 0.1) is 5.82 Å². The van der Waals surface area contributed by atoms with E-state index in [1.807, 2.05) is 35.7 Å². The highest BCUT2D eigenvalue weighted by molar-refractivity contribution is 5.72. The van der Waals surface area contributed by atoms with Crippen molar-refractivity contribution in [1.29, 1.82) is 0 Å². The van der Waals surface area contributed by atoms with Crippen LogP contribution in [0.3, 0.4) is 0 Å². The predicted molar refractivity (Wildman–Crippen MR) is 184 cm³/mol. The van der Waals surface area contributed by atoms with Crippen LogP contribution in [0.5, 0.6) is 17.2 Å². The van der Waals surface area contributed by atoms with Crippen LogP contribution in [-0.4, -0.2) is 91.3 Å². The second kappa shape index (κ2) is 13.4. The van der Waals surface area contributed by atoms with E-state index < -0.39 is 12.1 Å². The van der Waals surface area contributed by atoms with E-state index in [-0.39, 0.29) is 17.6 Å². The van der Waals surface area contributed by atoms with Gasteiger partial charge < -0.3 is 33.5 Å². The van der Waals surface area contributed by atoms with Gasteiger partial charge in [0.1, 0.15) is 23.7 Å². The number of nitrogens with one attached hydrogen (secondary N) is 1. The highest BCUT2D eigenvalue weighted by Gasteiger charge is 2.42. The molecule has 14 heteroatoms.